The first-order valence-corrected chi connectivity index (χ1v) is 13.6. The van der Waals surface area contributed by atoms with Crippen molar-refractivity contribution < 1.29 is 13.2 Å². The highest BCUT2D eigenvalue weighted by atomic mass is 32.2. The Hall–Kier alpha value is -2.99. The summed E-state index contributed by atoms with van der Waals surface area (Å²) < 4.78 is 28.0. The lowest BCUT2D eigenvalue weighted by Gasteiger charge is -2.37. The van der Waals surface area contributed by atoms with E-state index in [1.165, 1.54) is 5.57 Å². The van der Waals surface area contributed by atoms with Crippen molar-refractivity contribution in [1.29, 1.82) is 0 Å². The SMILES string of the molecule is CCC12CCC(=O)C(C3C=CCC3)=C1c1ccc3c(cnn3S(=O)(=O)c3ccc(C)cc3)c1C2. The number of nitrogens with zero attached hydrogens (tertiary/aromatic N) is 2. The molecule has 0 radical (unpaired) electrons. The molecule has 5 nitrogen and oxygen atoms in total. The summed E-state index contributed by atoms with van der Waals surface area (Å²) >= 11 is 0. The standard InChI is InChI=1S/C28H28N2O3S/c1-3-28-15-14-25(31)26(19-6-4-5-7-19)27(28)21-12-13-24-23(22(21)16-28)17-29-30(24)34(32,33)20-10-8-18(2)9-11-20/h4,6,8-13,17,19H,3,5,7,14-16H2,1-2H3. The van der Waals surface area contributed by atoms with E-state index in [9.17, 15) is 13.2 Å². The van der Waals surface area contributed by atoms with Gasteiger partial charge in [0.25, 0.3) is 10.0 Å². The van der Waals surface area contributed by atoms with Crippen molar-refractivity contribution in [2.75, 3.05) is 0 Å². The van der Waals surface area contributed by atoms with E-state index in [1.807, 2.05) is 19.1 Å². The van der Waals surface area contributed by atoms with E-state index >= 15 is 0 Å². The number of carbonyl (C=O) groups is 1. The normalized spacial score (nSPS) is 24.2. The highest BCUT2D eigenvalue weighted by Crippen LogP contribution is 2.58. The molecular formula is C28H28N2O3S. The minimum atomic E-state index is -3.81. The number of Topliss-reactive ketones (excluding diaryl/α,β-unsaturated/α-hetero) is 1. The number of benzene rings is 2. The molecule has 0 bridgehead atoms. The molecule has 34 heavy (non-hydrogen) atoms. The third-order valence-electron chi connectivity index (χ3n) is 8.15. The van der Waals surface area contributed by atoms with Crippen LogP contribution in [0.2, 0.25) is 0 Å². The van der Waals surface area contributed by atoms with Gasteiger partial charge in [0.05, 0.1) is 16.6 Å². The van der Waals surface area contributed by atoms with E-state index in [1.54, 1.807) is 30.5 Å². The van der Waals surface area contributed by atoms with Crippen LogP contribution in [0.5, 0.6) is 0 Å². The fourth-order valence-corrected chi connectivity index (χ4v) is 7.56. The van der Waals surface area contributed by atoms with Crippen LogP contribution in [0.3, 0.4) is 0 Å². The maximum Gasteiger partial charge on any atom is 0.283 e. The second-order valence-corrected chi connectivity index (χ2v) is 11.7. The predicted molar refractivity (Wildman–Crippen MR) is 133 cm³/mol. The summed E-state index contributed by atoms with van der Waals surface area (Å²) in [4.78, 5) is 13.4. The number of hydrogen-bond acceptors (Lipinski definition) is 4. The Balaban J connectivity index is 1.56. The summed E-state index contributed by atoms with van der Waals surface area (Å²) in [6.07, 6.45) is 11.3. The third kappa shape index (κ3) is 2.94. The van der Waals surface area contributed by atoms with Crippen molar-refractivity contribution in [1.82, 2.24) is 9.19 Å². The molecular weight excluding hydrogens is 444 g/mol. The van der Waals surface area contributed by atoms with Gasteiger partial charge in [0.2, 0.25) is 0 Å². The molecule has 3 aliphatic rings. The smallest absolute Gasteiger partial charge is 0.283 e. The second kappa shape index (κ2) is 7.51. The van der Waals surface area contributed by atoms with Gasteiger partial charge in [0.1, 0.15) is 0 Å². The first-order valence-electron chi connectivity index (χ1n) is 12.1. The molecule has 174 valence electrons. The summed E-state index contributed by atoms with van der Waals surface area (Å²) in [5, 5.41) is 5.23. The van der Waals surface area contributed by atoms with E-state index in [0.717, 1.165) is 63.8 Å². The number of carbonyl (C=O) groups excluding carboxylic acids is 1. The lowest BCUT2D eigenvalue weighted by molar-refractivity contribution is -0.116. The monoisotopic (exact) mass is 472 g/mol. The number of rotatable bonds is 4. The third-order valence-corrected chi connectivity index (χ3v) is 9.77. The van der Waals surface area contributed by atoms with Gasteiger partial charge < -0.3 is 0 Å². The summed E-state index contributed by atoms with van der Waals surface area (Å²) in [5.74, 6) is 0.473. The fourth-order valence-electron chi connectivity index (χ4n) is 6.29. The summed E-state index contributed by atoms with van der Waals surface area (Å²) in [7, 11) is -3.81. The Morgan fingerprint density at radius 3 is 2.65 bits per heavy atom. The van der Waals surface area contributed by atoms with Gasteiger partial charge in [-0.05, 0) is 73.9 Å². The van der Waals surface area contributed by atoms with Crippen LogP contribution in [0.1, 0.15) is 55.7 Å². The van der Waals surface area contributed by atoms with Crippen molar-refractivity contribution in [3.05, 3.63) is 77.0 Å². The van der Waals surface area contributed by atoms with E-state index < -0.39 is 10.0 Å². The summed E-state index contributed by atoms with van der Waals surface area (Å²) in [5.41, 5.74) is 6.00. The predicted octanol–water partition coefficient (Wildman–Crippen LogP) is 5.62. The van der Waals surface area contributed by atoms with Crippen molar-refractivity contribution >= 4 is 32.3 Å². The summed E-state index contributed by atoms with van der Waals surface area (Å²) in [6, 6.07) is 10.8. The number of hydrogen-bond donors (Lipinski definition) is 0. The van der Waals surface area contributed by atoms with Gasteiger partial charge in [0, 0.05) is 28.7 Å². The van der Waals surface area contributed by atoms with Crippen molar-refractivity contribution in [3.8, 4) is 0 Å². The van der Waals surface area contributed by atoms with Crippen LogP contribution < -0.4 is 0 Å². The second-order valence-electron chi connectivity index (χ2n) is 9.96. The molecule has 0 aliphatic heterocycles. The first-order chi connectivity index (χ1) is 16.4. The minimum absolute atomic E-state index is 0.0613. The van der Waals surface area contributed by atoms with Crippen LogP contribution in [0.4, 0.5) is 0 Å². The number of allylic oxidation sites excluding steroid dienone is 4. The number of aryl methyl sites for hydroxylation is 1. The van der Waals surface area contributed by atoms with Gasteiger partial charge >= 0.3 is 0 Å². The average molecular weight is 473 g/mol. The van der Waals surface area contributed by atoms with E-state index in [-0.39, 0.29) is 22.0 Å². The molecule has 0 N–H and O–H groups in total. The Kier molecular flexibility index (Phi) is 4.75. The molecule has 0 saturated heterocycles. The Morgan fingerprint density at radius 1 is 1.15 bits per heavy atom. The van der Waals surface area contributed by atoms with Crippen molar-refractivity contribution in [2.24, 2.45) is 11.3 Å². The summed E-state index contributed by atoms with van der Waals surface area (Å²) in [6.45, 7) is 4.15. The van der Waals surface area contributed by atoms with Gasteiger partial charge in [-0.25, -0.2) is 0 Å². The van der Waals surface area contributed by atoms with Crippen molar-refractivity contribution in [3.63, 3.8) is 0 Å². The highest BCUT2D eigenvalue weighted by Gasteiger charge is 2.48. The molecule has 6 rings (SSSR count). The number of fused-ring (bicyclic) bond motifs is 5. The van der Waals surface area contributed by atoms with Gasteiger partial charge in [-0.15, -0.1) is 0 Å². The van der Waals surface area contributed by atoms with Crippen LogP contribution in [0, 0.1) is 18.3 Å². The highest BCUT2D eigenvalue weighted by molar-refractivity contribution is 7.90. The minimum Gasteiger partial charge on any atom is -0.295 e. The molecule has 0 amide bonds. The molecule has 0 fully saturated rings. The fraction of sp³-hybridized carbons (Fsp3) is 0.357. The lowest BCUT2D eigenvalue weighted by Crippen LogP contribution is -2.30. The largest absolute Gasteiger partial charge is 0.295 e. The van der Waals surface area contributed by atoms with Gasteiger partial charge in [-0.1, -0.05) is 42.8 Å². The molecule has 2 unspecified atom stereocenters. The van der Waals surface area contributed by atoms with Crippen LogP contribution in [-0.4, -0.2) is 23.4 Å². The lowest BCUT2D eigenvalue weighted by atomic mass is 9.66. The molecule has 2 atom stereocenters. The molecule has 0 saturated carbocycles. The zero-order valence-electron chi connectivity index (χ0n) is 19.5. The Bertz CT molecular complexity index is 1510. The van der Waals surface area contributed by atoms with Crippen LogP contribution in [0.15, 0.2) is 65.2 Å². The molecule has 0 spiro atoms. The van der Waals surface area contributed by atoms with Crippen molar-refractivity contribution in [2.45, 2.75) is 57.3 Å². The quantitative estimate of drug-likeness (QED) is 0.462. The zero-order valence-corrected chi connectivity index (χ0v) is 20.4. The Morgan fingerprint density at radius 2 is 1.94 bits per heavy atom. The number of aromatic nitrogens is 2. The first kappa shape index (κ1) is 21.5. The van der Waals surface area contributed by atoms with Crippen LogP contribution in [0.25, 0.3) is 16.5 Å². The van der Waals surface area contributed by atoms with Crippen LogP contribution >= 0.6 is 0 Å². The van der Waals surface area contributed by atoms with Gasteiger partial charge in [-0.3, -0.25) is 4.79 Å². The molecule has 3 aromatic rings. The maximum atomic E-state index is 13.4. The van der Waals surface area contributed by atoms with Gasteiger partial charge in [0.15, 0.2) is 5.78 Å². The van der Waals surface area contributed by atoms with E-state index in [0.29, 0.717) is 11.9 Å². The van der Waals surface area contributed by atoms with E-state index in [4.69, 9.17) is 0 Å². The molecule has 1 aromatic heterocycles. The molecule has 6 heteroatoms. The molecule has 1 heterocycles. The Labute approximate surface area is 200 Å². The number of ketones is 1. The topological polar surface area (TPSA) is 69.0 Å². The average Bonchev–Trinajstić information content (AvgIpc) is 3.57. The maximum absolute atomic E-state index is 13.4. The van der Waals surface area contributed by atoms with Crippen LogP contribution in [-0.2, 0) is 21.2 Å². The zero-order chi connectivity index (χ0) is 23.7. The molecule has 3 aliphatic carbocycles. The molecule has 2 aromatic carbocycles. The van der Waals surface area contributed by atoms with Gasteiger partial charge in [-0.2, -0.15) is 17.6 Å². The van der Waals surface area contributed by atoms with E-state index in [2.05, 4.69) is 24.2 Å².